The van der Waals surface area contributed by atoms with Gasteiger partial charge in [0, 0.05) is 19.6 Å². The van der Waals surface area contributed by atoms with E-state index < -0.39 is 0 Å². The molecule has 3 N–H and O–H groups in total. The van der Waals surface area contributed by atoms with Gasteiger partial charge in [-0.2, -0.15) is 0 Å². The van der Waals surface area contributed by atoms with Crippen molar-refractivity contribution in [3.05, 3.63) is 29.8 Å². The molecule has 0 aliphatic rings. The Morgan fingerprint density at radius 1 is 1.19 bits per heavy atom. The van der Waals surface area contributed by atoms with E-state index in [2.05, 4.69) is 11.9 Å². The third-order valence-corrected chi connectivity index (χ3v) is 3.39. The Balaban J connectivity index is 2.18. The minimum absolute atomic E-state index is 0.289. The Hall–Kier alpha value is -1.17. The van der Waals surface area contributed by atoms with Crippen molar-refractivity contribution in [3.63, 3.8) is 0 Å². The molecular formula is C16H26N2O2S. The molecule has 0 spiro atoms. The van der Waals surface area contributed by atoms with E-state index in [-0.39, 0.29) is 6.61 Å². The number of hydrogen-bond acceptors (Lipinski definition) is 4. The van der Waals surface area contributed by atoms with Crippen molar-refractivity contribution in [3.8, 4) is 5.75 Å². The normalized spacial score (nSPS) is 10.8. The Morgan fingerprint density at radius 2 is 1.90 bits per heavy atom. The molecule has 0 heterocycles. The van der Waals surface area contributed by atoms with Crippen LogP contribution < -0.4 is 10.5 Å². The number of unbranched alkanes of at least 4 members (excludes halogenated alkanes) is 2. The van der Waals surface area contributed by atoms with Crippen LogP contribution in [0.25, 0.3) is 0 Å². The lowest BCUT2D eigenvalue weighted by molar-refractivity contribution is 0.230. The number of likely N-dealkylation sites (N-methyl/N-ethyl adjacent to an activating group) is 1. The molecule has 5 heteroatoms. The summed E-state index contributed by atoms with van der Waals surface area (Å²) in [5.41, 5.74) is 6.62. The number of aliphatic hydroxyl groups is 1. The standard InChI is InChI=1S/C16H26N2O2S/c1-18(9-3-2-4-11-19)10-12-20-15-7-5-14(6-8-15)13-16(17)21/h5-8,19H,2-4,9-13H2,1H3,(H2,17,21). The zero-order valence-corrected chi connectivity index (χ0v) is 13.6. The maximum atomic E-state index is 8.72. The first-order valence-corrected chi connectivity index (χ1v) is 7.82. The van der Waals surface area contributed by atoms with Gasteiger partial charge >= 0.3 is 0 Å². The highest BCUT2D eigenvalue weighted by Gasteiger charge is 2.00. The van der Waals surface area contributed by atoms with Gasteiger partial charge in [-0.1, -0.05) is 24.4 Å². The number of nitrogens with two attached hydrogens (primary N) is 1. The molecule has 0 unspecified atom stereocenters. The fourth-order valence-electron chi connectivity index (χ4n) is 2.01. The molecule has 0 fully saturated rings. The predicted octanol–water partition coefficient (Wildman–Crippen LogP) is 1.99. The topological polar surface area (TPSA) is 58.7 Å². The van der Waals surface area contributed by atoms with Gasteiger partial charge in [-0.05, 0) is 50.6 Å². The van der Waals surface area contributed by atoms with E-state index in [0.717, 1.165) is 43.7 Å². The zero-order chi connectivity index (χ0) is 15.5. The number of benzene rings is 1. The lowest BCUT2D eigenvalue weighted by Gasteiger charge is -2.16. The third kappa shape index (κ3) is 8.65. The largest absolute Gasteiger partial charge is 0.492 e. The van der Waals surface area contributed by atoms with Crippen LogP contribution in [0, 0.1) is 0 Å². The molecule has 4 nitrogen and oxygen atoms in total. The molecule has 1 rings (SSSR count). The number of nitrogens with zero attached hydrogens (tertiary/aromatic N) is 1. The Bertz CT molecular complexity index is 409. The van der Waals surface area contributed by atoms with Gasteiger partial charge in [0.2, 0.25) is 0 Å². The van der Waals surface area contributed by atoms with Crippen molar-refractivity contribution in [2.75, 3.05) is 33.4 Å². The van der Waals surface area contributed by atoms with Crippen LogP contribution in [0.2, 0.25) is 0 Å². The molecule has 0 aliphatic carbocycles. The molecule has 118 valence electrons. The van der Waals surface area contributed by atoms with Crippen molar-refractivity contribution in [2.24, 2.45) is 5.73 Å². The second-order valence-electron chi connectivity index (χ2n) is 5.22. The van der Waals surface area contributed by atoms with Crippen LogP contribution >= 0.6 is 12.2 Å². The molecule has 0 saturated carbocycles. The zero-order valence-electron chi connectivity index (χ0n) is 12.8. The van der Waals surface area contributed by atoms with E-state index >= 15 is 0 Å². The maximum Gasteiger partial charge on any atom is 0.119 e. The predicted molar refractivity (Wildman–Crippen MR) is 90.9 cm³/mol. The van der Waals surface area contributed by atoms with Gasteiger partial charge < -0.3 is 20.5 Å². The van der Waals surface area contributed by atoms with Crippen LogP contribution in [0.5, 0.6) is 5.75 Å². The van der Waals surface area contributed by atoms with E-state index in [9.17, 15) is 0 Å². The van der Waals surface area contributed by atoms with E-state index in [1.165, 1.54) is 0 Å². The van der Waals surface area contributed by atoms with E-state index in [0.29, 0.717) is 18.0 Å². The van der Waals surface area contributed by atoms with E-state index in [4.69, 9.17) is 27.8 Å². The third-order valence-electron chi connectivity index (χ3n) is 3.24. The van der Waals surface area contributed by atoms with Crippen LogP contribution in [-0.4, -0.2) is 48.3 Å². The molecule has 1 aromatic carbocycles. The molecule has 1 aromatic rings. The van der Waals surface area contributed by atoms with Gasteiger partial charge in [-0.25, -0.2) is 0 Å². The van der Waals surface area contributed by atoms with E-state index in [1.54, 1.807) is 0 Å². The van der Waals surface area contributed by atoms with E-state index in [1.807, 2.05) is 24.3 Å². The molecular weight excluding hydrogens is 284 g/mol. The molecule has 0 saturated heterocycles. The highest BCUT2D eigenvalue weighted by Crippen LogP contribution is 2.12. The van der Waals surface area contributed by atoms with Crippen LogP contribution in [0.1, 0.15) is 24.8 Å². The summed E-state index contributed by atoms with van der Waals surface area (Å²) in [6, 6.07) is 7.89. The number of hydrogen-bond donors (Lipinski definition) is 2. The van der Waals surface area contributed by atoms with Crippen LogP contribution in [0.4, 0.5) is 0 Å². The van der Waals surface area contributed by atoms with Crippen LogP contribution in [0.3, 0.4) is 0 Å². The summed E-state index contributed by atoms with van der Waals surface area (Å²) in [4.78, 5) is 2.75. The van der Waals surface area contributed by atoms with Gasteiger partial charge in [-0.15, -0.1) is 0 Å². The number of aliphatic hydroxyl groups excluding tert-OH is 1. The lowest BCUT2D eigenvalue weighted by atomic mass is 10.1. The van der Waals surface area contributed by atoms with Crippen molar-refractivity contribution in [1.29, 1.82) is 0 Å². The average molecular weight is 310 g/mol. The van der Waals surface area contributed by atoms with Crippen LogP contribution in [0.15, 0.2) is 24.3 Å². The number of ether oxygens (including phenoxy) is 1. The molecule has 0 aromatic heterocycles. The fraction of sp³-hybridized carbons (Fsp3) is 0.562. The van der Waals surface area contributed by atoms with Gasteiger partial charge in [0.15, 0.2) is 0 Å². The molecule has 0 bridgehead atoms. The van der Waals surface area contributed by atoms with Crippen molar-refractivity contribution >= 4 is 17.2 Å². The SMILES string of the molecule is CN(CCCCCO)CCOc1ccc(CC(N)=S)cc1. The van der Waals surface area contributed by atoms with Crippen molar-refractivity contribution in [2.45, 2.75) is 25.7 Å². The monoisotopic (exact) mass is 310 g/mol. The second kappa shape index (κ2) is 10.5. The summed E-state index contributed by atoms with van der Waals surface area (Å²) in [5.74, 6) is 0.871. The summed E-state index contributed by atoms with van der Waals surface area (Å²) in [6.07, 6.45) is 3.71. The molecule has 0 aliphatic heterocycles. The van der Waals surface area contributed by atoms with Crippen molar-refractivity contribution in [1.82, 2.24) is 4.90 Å². The average Bonchev–Trinajstić information content (AvgIpc) is 2.45. The lowest BCUT2D eigenvalue weighted by Crippen LogP contribution is -2.25. The first kappa shape index (κ1) is 17.9. The van der Waals surface area contributed by atoms with Crippen molar-refractivity contribution < 1.29 is 9.84 Å². The molecule has 0 amide bonds. The first-order valence-electron chi connectivity index (χ1n) is 7.41. The summed E-state index contributed by atoms with van der Waals surface area (Å²) in [6.45, 7) is 2.90. The Morgan fingerprint density at radius 3 is 2.52 bits per heavy atom. The van der Waals surface area contributed by atoms with Gasteiger partial charge in [0.25, 0.3) is 0 Å². The Labute approximate surface area is 132 Å². The quantitative estimate of drug-likeness (QED) is 0.483. The molecule has 0 radical (unpaired) electrons. The minimum atomic E-state index is 0.289. The van der Waals surface area contributed by atoms with Crippen LogP contribution in [-0.2, 0) is 6.42 Å². The highest BCUT2D eigenvalue weighted by molar-refractivity contribution is 7.80. The van der Waals surface area contributed by atoms with Gasteiger partial charge in [0.1, 0.15) is 12.4 Å². The van der Waals surface area contributed by atoms with Gasteiger partial charge in [0.05, 0.1) is 4.99 Å². The minimum Gasteiger partial charge on any atom is -0.492 e. The molecule has 0 atom stereocenters. The smallest absolute Gasteiger partial charge is 0.119 e. The fourth-order valence-corrected chi connectivity index (χ4v) is 2.17. The number of thiocarbonyl (C=S) groups is 1. The molecule has 21 heavy (non-hydrogen) atoms. The summed E-state index contributed by atoms with van der Waals surface area (Å²) in [7, 11) is 2.09. The second-order valence-corrected chi connectivity index (χ2v) is 5.75. The highest BCUT2D eigenvalue weighted by atomic mass is 32.1. The number of rotatable bonds is 11. The van der Waals surface area contributed by atoms with Gasteiger partial charge in [-0.3, -0.25) is 0 Å². The Kier molecular flexibility index (Phi) is 8.98. The first-order chi connectivity index (χ1) is 10.1. The summed E-state index contributed by atoms with van der Waals surface area (Å²) in [5, 5.41) is 8.72. The summed E-state index contributed by atoms with van der Waals surface area (Å²) < 4.78 is 5.72. The maximum absolute atomic E-state index is 8.72. The summed E-state index contributed by atoms with van der Waals surface area (Å²) >= 11 is 4.89.